The van der Waals surface area contributed by atoms with Gasteiger partial charge in [0.15, 0.2) is 0 Å². The third-order valence-electron chi connectivity index (χ3n) is 3.26. The lowest BCUT2D eigenvalue weighted by molar-refractivity contribution is -0.145. The highest BCUT2D eigenvalue weighted by molar-refractivity contribution is 9.10. The van der Waals surface area contributed by atoms with Gasteiger partial charge in [0.05, 0.1) is 4.91 Å². The Morgan fingerprint density at radius 1 is 1.48 bits per heavy atom. The summed E-state index contributed by atoms with van der Waals surface area (Å²) in [4.78, 5) is 25.8. The molecule has 0 saturated carbocycles. The van der Waals surface area contributed by atoms with Crippen LogP contribution in [0.2, 0.25) is 0 Å². The average Bonchev–Trinajstić information content (AvgIpc) is 2.71. The molecular formula is C16H16BrNO3S2. The van der Waals surface area contributed by atoms with E-state index < -0.39 is 12.0 Å². The van der Waals surface area contributed by atoms with Crippen LogP contribution < -0.4 is 0 Å². The molecule has 0 aliphatic carbocycles. The maximum atomic E-state index is 12.6. The highest BCUT2D eigenvalue weighted by Crippen LogP contribution is 2.35. The summed E-state index contributed by atoms with van der Waals surface area (Å²) in [5.74, 6) is -1.22. The summed E-state index contributed by atoms with van der Waals surface area (Å²) < 4.78 is 1.20. The standard InChI is InChI=1S/C16H16BrNO3S2/c1-9(2)6-12(15(20)21)18-14(19)13(23-16(18)22)8-10-4-3-5-11(17)7-10/h3-5,7-9,12H,6H2,1-2H3,(H,20,21)/b13-8-/t12-/m0/s1. The van der Waals surface area contributed by atoms with Crippen molar-refractivity contribution < 1.29 is 14.7 Å². The van der Waals surface area contributed by atoms with Crippen molar-refractivity contribution in [3.63, 3.8) is 0 Å². The Morgan fingerprint density at radius 2 is 2.17 bits per heavy atom. The van der Waals surface area contributed by atoms with Gasteiger partial charge in [-0.25, -0.2) is 4.79 Å². The Morgan fingerprint density at radius 3 is 2.74 bits per heavy atom. The first-order valence-corrected chi connectivity index (χ1v) is 9.06. The highest BCUT2D eigenvalue weighted by Gasteiger charge is 2.40. The fourth-order valence-electron chi connectivity index (χ4n) is 2.26. The zero-order chi connectivity index (χ0) is 17.1. The number of rotatable bonds is 5. The van der Waals surface area contributed by atoms with Crippen LogP contribution in [0.5, 0.6) is 0 Å². The normalized spacial score (nSPS) is 18.1. The summed E-state index contributed by atoms with van der Waals surface area (Å²) in [6.45, 7) is 3.84. The van der Waals surface area contributed by atoms with Crippen LogP contribution >= 0.6 is 39.9 Å². The molecule has 122 valence electrons. The van der Waals surface area contributed by atoms with Gasteiger partial charge in [-0.3, -0.25) is 9.69 Å². The molecule has 2 rings (SSSR count). The van der Waals surface area contributed by atoms with Gasteiger partial charge in [0.2, 0.25) is 0 Å². The molecule has 1 saturated heterocycles. The molecule has 4 nitrogen and oxygen atoms in total. The Hall–Kier alpha value is -1.18. The lowest BCUT2D eigenvalue weighted by atomic mass is 10.0. The van der Waals surface area contributed by atoms with Crippen LogP contribution in [-0.4, -0.2) is 32.2 Å². The van der Waals surface area contributed by atoms with Crippen LogP contribution in [0.25, 0.3) is 6.08 Å². The molecule has 0 aromatic heterocycles. The first kappa shape index (κ1) is 18.2. The molecule has 1 atom stereocenters. The third-order valence-corrected chi connectivity index (χ3v) is 5.09. The van der Waals surface area contributed by atoms with Crippen molar-refractivity contribution in [3.8, 4) is 0 Å². The lowest BCUT2D eigenvalue weighted by Crippen LogP contribution is -2.44. The minimum atomic E-state index is -1.03. The molecule has 1 fully saturated rings. The SMILES string of the molecule is CC(C)C[C@@H](C(=O)O)N1C(=O)/C(=C/c2cccc(Br)c2)SC1=S. The number of nitrogens with zero attached hydrogens (tertiary/aromatic N) is 1. The van der Waals surface area contributed by atoms with Crippen LogP contribution in [0.1, 0.15) is 25.8 Å². The van der Waals surface area contributed by atoms with Crippen LogP contribution in [0.4, 0.5) is 0 Å². The first-order valence-electron chi connectivity index (χ1n) is 7.05. The van der Waals surface area contributed by atoms with Crippen LogP contribution in [-0.2, 0) is 9.59 Å². The van der Waals surface area contributed by atoms with Gasteiger partial charge in [0, 0.05) is 4.47 Å². The van der Waals surface area contributed by atoms with Gasteiger partial charge in [0.25, 0.3) is 5.91 Å². The quantitative estimate of drug-likeness (QED) is 0.580. The molecule has 0 spiro atoms. The van der Waals surface area contributed by atoms with Gasteiger partial charge >= 0.3 is 5.97 Å². The Kier molecular flexibility index (Phi) is 6.00. The topological polar surface area (TPSA) is 57.6 Å². The number of carbonyl (C=O) groups is 2. The fourth-order valence-corrected chi connectivity index (χ4v) is 4.03. The first-order chi connectivity index (χ1) is 10.8. The molecule has 1 N–H and O–H groups in total. The predicted octanol–water partition coefficient (Wildman–Crippen LogP) is 4.15. The number of amides is 1. The van der Waals surface area contributed by atoms with Crippen molar-refractivity contribution in [2.24, 2.45) is 5.92 Å². The summed E-state index contributed by atoms with van der Waals surface area (Å²) in [7, 11) is 0. The molecule has 23 heavy (non-hydrogen) atoms. The maximum absolute atomic E-state index is 12.6. The van der Waals surface area contributed by atoms with Crippen molar-refractivity contribution in [1.29, 1.82) is 0 Å². The number of benzene rings is 1. The van der Waals surface area contributed by atoms with Gasteiger partial charge < -0.3 is 5.11 Å². The van der Waals surface area contributed by atoms with Crippen molar-refractivity contribution in [2.45, 2.75) is 26.3 Å². The molecule has 1 aliphatic rings. The number of hydrogen-bond donors (Lipinski definition) is 1. The molecule has 1 aromatic carbocycles. The zero-order valence-electron chi connectivity index (χ0n) is 12.7. The molecule has 1 amide bonds. The Balaban J connectivity index is 2.30. The van der Waals surface area contributed by atoms with Crippen molar-refractivity contribution in [1.82, 2.24) is 4.90 Å². The number of carbonyl (C=O) groups excluding carboxylic acids is 1. The number of thioether (sulfide) groups is 1. The van der Waals surface area contributed by atoms with E-state index in [1.807, 2.05) is 38.1 Å². The summed E-state index contributed by atoms with van der Waals surface area (Å²) in [6, 6.07) is 6.60. The van der Waals surface area contributed by atoms with E-state index in [1.54, 1.807) is 6.08 Å². The molecular weight excluding hydrogens is 398 g/mol. The average molecular weight is 414 g/mol. The van der Waals surface area contributed by atoms with Crippen molar-refractivity contribution in [3.05, 3.63) is 39.2 Å². The van der Waals surface area contributed by atoms with Gasteiger partial charge in [-0.15, -0.1) is 0 Å². The molecule has 0 unspecified atom stereocenters. The lowest BCUT2D eigenvalue weighted by Gasteiger charge is -2.24. The monoisotopic (exact) mass is 413 g/mol. The Bertz CT molecular complexity index is 688. The molecule has 1 heterocycles. The van der Waals surface area contributed by atoms with Crippen LogP contribution in [0.3, 0.4) is 0 Å². The molecule has 1 aliphatic heterocycles. The number of carboxylic acids is 1. The van der Waals surface area contributed by atoms with E-state index in [-0.39, 0.29) is 11.8 Å². The van der Waals surface area contributed by atoms with Crippen LogP contribution in [0, 0.1) is 5.92 Å². The van der Waals surface area contributed by atoms with E-state index in [4.69, 9.17) is 12.2 Å². The summed E-state index contributed by atoms with van der Waals surface area (Å²) in [5, 5.41) is 9.44. The minimum Gasteiger partial charge on any atom is -0.480 e. The maximum Gasteiger partial charge on any atom is 0.326 e. The highest BCUT2D eigenvalue weighted by atomic mass is 79.9. The number of halogens is 1. The second-order valence-corrected chi connectivity index (χ2v) is 8.18. The van der Waals surface area contributed by atoms with E-state index in [0.717, 1.165) is 21.8 Å². The number of hydrogen-bond acceptors (Lipinski definition) is 4. The molecule has 0 radical (unpaired) electrons. The van der Waals surface area contributed by atoms with Gasteiger partial charge in [-0.1, -0.05) is 65.9 Å². The summed E-state index contributed by atoms with van der Waals surface area (Å²) >= 11 is 9.77. The zero-order valence-corrected chi connectivity index (χ0v) is 15.9. The molecule has 1 aromatic rings. The number of carboxylic acid groups (broad SMARTS) is 1. The van der Waals surface area contributed by atoms with Gasteiger partial charge in [-0.2, -0.15) is 0 Å². The number of thiocarbonyl (C=S) groups is 1. The largest absolute Gasteiger partial charge is 0.480 e. The summed E-state index contributed by atoms with van der Waals surface area (Å²) in [5.41, 5.74) is 0.857. The molecule has 0 bridgehead atoms. The second kappa shape index (κ2) is 7.59. The predicted molar refractivity (Wildman–Crippen MR) is 100 cm³/mol. The minimum absolute atomic E-state index is 0.148. The van der Waals surface area contributed by atoms with Crippen LogP contribution in [0.15, 0.2) is 33.6 Å². The van der Waals surface area contributed by atoms with E-state index in [1.165, 1.54) is 4.90 Å². The van der Waals surface area contributed by atoms with Gasteiger partial charge in [-0.05, 0) is 36.1 Å². The summed E-state index contributed by atoms with van der Waals surface area (Å²) in [6.07, 6.45) is 2.10. The van der Waals surface area contributed by atoms with E-state index >= 15 is 0 Å². The number of aliphatic carboxylic acids is 1. The van der Waals surface area contributed by atoms with Crippen molar-refractivity contribution >= 4 is 62.2 Å². The van der Waals surface area contributed by atoms with E-state index in [9.17, 15) is 14.7 Å². The third kappa shape index (κ3) is 4.43. The van der Waals surface area contributed by atoms with Gasteiger partial charge in [0.1, 0.15) is 10.4 Å². The van der Waals surface area contributed by atoms with E-state index in [2.05, 4.69) is 15.9 Å². The molecule has 7 heteroatoms. The Labute approximate surface area is 153 Å². The van der Waals surface area contributed by atoms with E-state index in [0.29, 0.717) is 15.6 Å². The fraction of sp³-hybridized carbons (Fsp3) is 0.312. The van der Waals surface area contributed by atoms with Crippen molar-refractivity contribution in [2.75, 3.05) is 0 Å². The smallest absolute Gasteiger partial charge is 0.326 e. The second-order valence-electron chi connectivity index (χ2n) is 5.59.